The summed E-state index contributed by atoms with van der Waals surface area (Å²) < 4.78 is 1.56. The van der Waals surface area contributed by atoms with Gasteiger partial charge in [-0.2, -0.15) is 4.68 Å². The first-order valence-electron chi connectivity index (χ1n) is 9.11. The standard InChI is InChI=1S/C19H21Cl2N7/c1-26-9-11-27(12-10-26)16-7-3-2-5-14(16)13-22-19-23-24-25-28(19)17-8-4-6-15(20)18(17)21/h2-8H,9-13H2,1H3,(H,22,23,25). The maximum absolute atomic E-state index is 6.33. The van der Waals surface area contributed by atoms with Crippen LogP contribution in [0, 0.1) is 0 Å². The number of nitrogens with one attached hydrogen (secondary N) is 1. The number of rotatable bonds is 5. The van der Waals surface area contributed by atoms with Crippen LogP contribution in [0.5, 0.6) is 0 Å². The van der Waals surface area contributed by atoms with E-state index < -0.39 is 0 Å². The molecule has 1 saturated heterocycles. The summed E-state index contributed by atoms with van der Waals surface area (Å²) in [5, 5.41) is 16.1. The highest BCUT2D eigenvalue weighted by Gasteiger charge is 2.18. The van der Waals surface area contributed by atoms with E-state index in [2.05, 4.69) is 55.9 Å². The van der Waals surface area contributed by atoms with Crippen LogP contribution in [0.4, 0.5) is 11.6 Å². The summed E-state index contributed by atoms with van der Waals surface area (Å²) in [4.78, 5) is 4.77. The summed E-state index contributed by atoms with van der Waals surface area (Å²) in [5.41, 5.74) is 3.07. The van der Waals surface area contributed by atoms with Crippen LogP contribution in [0.3, 0.4) is 0 Å². The van der Waals surface area contributed by atoms with E-state index in [1.807, 2.05) is 18.2 Å². The van der Waals surface area contributed by atoms with Crippen molar-refractivity contribution in [2.45, 2.75) is 6.54 Å². The predicted molar refractivity (Wildman–Crippen MR) is 113 cm³/mol. The Morgan fingerprint density at radius 2 is 1.71 bits per heavy atom. The quantitative estimate of drug-likeness (QED) is 0.686. The molecule has 7 nitrogen and oxygen atoms in total. The van der Waals surface area contributed by atoms with Gasteiger partial charge in [0.05, 0.1) is 15.7 Å². The molecule has 1 aromatic heterocycles. The number of hydrogen-bond donors (Lipinski definition) is 1. The molecule has 1 aliphatic rings. The van der Waals surface area contributed by atoms with E-state index in [1.54, 1.807) is 10.7 Å². The molecule has 0 amide bonds. The molecule has 28 heavy (non-hydrogen) atoms. The Labute approximate surface area is 173 Å². The van der Waals surface area contributed by atoms with Gasteiger partial charge in [0.1, 0.15) is 0 Å². The molecular formula is C19H21Cl2N7. The first-order valence-corrected chi connectivity index (χ1v) is 9.87. The van der Waals surface area contributed by atoms with E-state index in [4.69, 9.17) is 23.2 Å². The number of tetrazole rings is 1. The fourth-order valence-corrected chi connectivity index (χ4v) is 3.68. The minimum atomic E-state index is 0.414. The van der Waals surface area contributed by atoms with Gasteiger partial charge in [-0.3, -0.25) is 0 Å². The average Bonchev–Trinajstić information content (AvgIpc) is 3.18. The summed E-state index contributed by atoms with van der Waals surface area (Å²) in [6, 6.07) is 13.8. The van der Waals surface area contributed by atoms with Crippen molar-refractivity contribution >= 4 is 34.8 Å². The maximum atomic E-state index is 6.33. The Morgan fingerprint density at radius 1 is 0.964 bits per heavy atom. The average molecular weight is 418 g/mol. The molecule has 3 aromatic rings. The third-order valence-electron chi connectivity index (χ3n) is 4.90. The van der Waals surface area contributed by atoms with Crippen molar-refractivity contribution in [3.63, 3.8) is 0 Å². The van der Waals surface area contributed by atoms with Gasteiger partial charge in [0.2, 0.25) is 5.95 Å². The second-order valence-corrected chi connectivity index (χ2v) is 7.54. The number of aromatic nitrogens is 4. The monoisotopic (exact) mass is 417 g/mol. The molecule has 2 aromatic carbocycles. The van der Waals surface area contributed by atoms with E-state index in [-0.39, 0.29) is 0 Å². The Balaban J connectivity index is 1.54. The molecule has 0 unspecified atom stereocenters. The molecule has 1 aliphatic heterocycles. The minimum Gasteiger partial charge on any atom is -0.369 e. The Kier molecular flexibility index (Phi) is 5.66. The molecule has 1 N–H and O–H groups in total. The number of anilines is 2. The Morgan fingerprint density at radius 3 is 2.54 bits per heavy atom. The Bertz CT molecular complexity index is 951. The van der Waals surface area contributed by atoms with Gasteiger partial charge < -0.3 is 15.1 Å². The zero-order valence-electron chi connectivity index (χ0n) is 15.5. The van der Waals surface area contributed by atoms with Gasteiger partial charge in [-0.15, -0.1) is 0 Å². The molecule has 1 fully saturated rings. The third kappa shape index (κ3) is 3.92. The second-order valence-electron chi connectivity index (χ2n) is 6.76. The van der Waals surface area contributed by atoms with Crippen molar-refractivity contribution in [2.75, 3.05) is 43.4 Å². The molecular weight excluding hydrogens is 397 g/mol. The summed E-state index contributed by atoms with van der Waals surface area (Å²) in [7, 11) is 2.16. The molecule has 0 radical (unpaired) electrons. The highest BCUT2D eigenvalue weighted by Crippen LogP contribution is 2.29. The topological polar surface area (TPSA) is 62.1 Å². The molecule has 0 atom stereocenters. The molecule has 0 spiro atoms. The number of hydrogen-bond acceptors (Lipinski definition) is 6. The normalized spacial score (nSPS) is 15.0. The molecule has 0 bridgehead atoms. The smallest absolute Gasteiger partial charge is 0.248 e. The van der Waals surface area contributed by atoms with Crippen molar-refractivity contribution in [3.8, 4) is 5.69 Å². The molecule has 2 heterocycles. The molecule has 146 valence electrons. The van der Waals surface area contributed by atoms with E-state index in [1.165, 1.54) is 11.3 Å². The molecule has 0 aliphatic carbocycles. The van der Waals surface area contributed by atoms with E-state index in [0.717, 1.165) is 26.2 Å². The molecule has 0 saturated carbocycles. The van der Waals surface area contributed by atoms with Crippen LogP contribution in [0.25, 0.3) is 5.69 Å². The summed E-state index contributed by atoms with van der Waals surface area (Å²) in [6.45, 7) is 4.76. The molecule has 9 heteroatoms. The van der Waals surface area contributed by atoms with Crippen molar-refractivity contribution in [1.82, 2.24) is 25.1 Å². The number of halogens is 2. The second kappa shape index (κ2) is 8.34. The van der Waals surface area contributed by atoms with Gasteiger partial charge in [-0.05, 0) is 41.2 Å². The highest BCUT2D eigenvalue weighted by molar-refractivity contribution is 6.43. The summed E-state index contributed by atoms with van der Waals surface area (Å²) in [5.74, 6) is 0.511. The van der Waals surface area contributed by atoms with Gasteiger partial charge in [0, 0.05) is 38.4 Å². The van der Waals surface area contributed by atoms with Crippen LogP contribution in [-0.2, 0) is 6.54 Å². The lowest BCUT2D eigenvalue weighted by molar-refractivity contribution is 0.312. The largest absolute Gasteiger partial charge is 0.369 e. The zero-order valence-corrected chi connectivity index (χ0v) is 17.0. The van der Waals surface area contributed by atoms with Gasteiger partial charge in [0.15, 0.2) is 0 Å². The van der Waals surface area contributed by atoms with Gasteiger partial charge in [-0.25, -0.2) is 0 Å². The van der Waals surface area contributed by atoms with Crippen LogP contribution in [-0.4, -0.2) is 58.3 Å². The fourth-order valence-electron chi connectivity index (χ4n) is 3.31. The zero-order chi connectivity index (χ0) is 19.5. The highest BCUT2D eigenvalue weighted by atomic mass is 35.5. The SMILES string of the molecule is CN1CCN(c2ccccc2CNc2nnnn2-c2cccc(Cl)c2Cl)CC1. The number of nitrogens with zero attached hydrogens (tertiary/aromatic N) is 6. The number of benzene rings is 2. The van der Waals surface area contributed by atoms with Crippen LogP contribution in [0.2, 0.25) is 10.0 Å². The van der Waals surface area contributed by atoms with E-state index in [0.29, 0.717) is 28.2 Å². The van der Waals surface area contributed by atoms with Crippen molar-refractivity contribution in [1.29, 1.82) is 0 Å². The first-order chi connectivity index (χ1) is 13.6. The van der Waals surface area contributed by atoms with Crippen LogP contribution in [0.15, 0.2) is 42.5 Å². The summed E-state index contributed by atoms with van der Waals surface area (Å²) in [6.07, 6.45) is 0. The van der Waals surface area contributed by atoms with Crippen molar-refractivity contribution < 1.29 is 0 Å². The van der Waals surface area contributed by atoms with Gasteiger partial charge >= 0.3 is 0 Å². The third-order valence-corrected chi connectivity index (χ3v) is 5.71. The van der Waals surface area contributed by atoms with Crippen molar-refractivity contribution in [2.24, 2.45) is 0 Å². The van der Waals surface area contributed by atoms with Crippen LogP contribution >= 0.6 is 23.2 Å². The van der Waals surface area contributed by atoms with Gasteiger partial charge in [-0.1, -0.05) is 52.6 Å². The number of para-hydroxylation sites is 1. The van der Waals surface area contributed by atoms with Crippen LogP contribution < -0.4 is 10.2 Å². The lowest BCUT2D eigenvalue weighted by Gasteiger charge is -2.35. The predicted octanol–water partition coefficient (Wildman–Crippen LogP) is 3.33. The number of piperazine rings is 1. The maximum Gasteiger partial charge on any atom is 0.248 e. The lowest BCUT2D eigenvalue weighted by atomic mass is 10.1. The Hall–Kier alpha value is -2.35. The van der Waals surface area contributed by atoms with E-state index in [9.17, 15) is 0 Å². The fraction of sp³-hybridized carbons (Fsp3) is 0.316. The summed E-state index contributed by atoms with van der Waals surface area (Å²) >= 11 is 12.5. The lowest BCUT2D eigenvalue weighted by Crippen LogP contribution is -2.44. The number of likely N-dealkylation sites (N-methyl/N-ethyl adjacent to an activating group) is 1. The molecule has 4 rings (SSSR count). The van der Waals surface area contributed by atoms with Crippen molar-refractivity contribution in [3.05, 3.63) is 58.1 Å². The van der Waals surface area contributed by atoms with Gasteiger partial charge in [0.25, 0.3) is 0 Å². The first kappa shape index (κ1) is 19.0. The van der Waals surface area contributed by atoms with Crippen LogP contribution in [0.1, 0.15) is 5.56 Å². The van der Waals surface area contributed by atoms with E-state index >= 15 is 0 Å². The minimum absolute atomic E-state index is 0.414.